The number of rotatable bonds is 5. The summed E-state index contributed by atoms with van der Waals surface area (Å²) in [6.07, 6.45) is 0. The minimum atomic E-state index is -0.407. The highest BCUT2D eigenvalue weighted by Gasteiger charge is 2.12. The van der Waals surface area contributed by atoms with Crippen LogP contribution in [0.1, 0.15) is 24.1 Å². The van der Waals surface area contributed by atoms with Gasteiger partial charge >= 0.3 is 0 Å². The van der Waals surface area contributed by atoms with Gasteiger partial charge in [-0.15, -0.1) is 0 Å². The largest absolute Gasteiger partial charge is 0.380 e. The first kappa shape index (κ1) is 16.3. The Kier molecular flexibility index (Phi) is 5.62. The molecule has 0 amide bonds. The molecule has 2 aromatic carbocycles. The Hall–Kier alpha value is -1.10. The van der Waals surface area contributed by atoms with E-state index in [0.29, 0.717) is 6.61 Å². The van der Waals surface area contributed by atoms with E-state index in [0.717, 1.165) is 21.3 Å². The van der Waals surface area contributed by atoms with E-state index in [1.807, 2.05) is 25.1 Å². The smallest absolute Gasteiger partial charge is 0.141 e. The lowest BCUT2D eigenvalue weighted by atomic mass is 10.1. The molecule has 0 aliphatic rings. The lowest BCUT2D eigenvalue weighted by Gasteiger charge is -2.19. The third-order valence-corrected chi connectivity index (χ3v) is 4.26. The van der Waals surface area contributed by atoms with Crippen LogP contribution in [0.5, 0.6) is 0 Å². The van der Waals surface area contributed by atoms with Crippen molar-refractivity contribution in [1.29, 1.82) is 0 Å². The van der Waals surface area contributed by atoms with E-state index in [1.54, 1.807) is 19.2 Å². The minimum Gasteiger partial charge on any atom is -0.380 e. The fourth-order valence-electron chi connectivity index (χ4n) is 2.08. The summed E-state index contributed by atoms with van der Waals surface area (Å²) in [5, 5.41) is 3.54. The maximum atomic E-state index is 13.2. The first-order valence-electron chi connectivity index (χ1n) is 6.50. The van der Waals surface area contributed by atoms with Gasteiger partial charge in [0, 0.05) is 28.9 Å². The van der Waals surface area contributed by atoms with Crippen LogP contribution in [0.2, 0.25) is 5.02 Å². The maximum Gasteiger partial charge on any atom is 0.141 e. The summed E-state index contributed by atoms with van der Waals surface area (Å²) in [7, 11) is 1.66. The van der Waals surface area contributed by atoms with Crippen molar-refractivity contribution in [1.82, 2.24) is 0 Å². The Labute approximate surface area is 137 Å². The van der Waals surface area contributed by atoms with E-state index in [9.17, 15) is 4.39 Å². The molecular weight excluding hydrogens is 357 g/mol. The molecule has 0 aliphatic heterocycles. The van der Waals surface area contributed by atoms with Crippen LogP contribution in [0, 0.1) is 5.82 Å². The van der Waals surface area contributed by atoms with Gasteiger partial charge in [0.05, 0.1) is 11.6 Å². The molecule has 0 aliphatic carbocycles. The van der Waals surface area contributed by atoms with E-state index >= 15 is 0 Å². The lowest BCUT2D eigenvalue weighted by Crippen LogP contribution is -2.09. The molecule has 2 nitrogen and oxygen atoms in total. The monoisotopic (exact) mass is 371 g/mol. The summed E-state index contributed by atoms with van der Waals surface area (Å²) in [5.74, 6) is -0.407. The summed E-state index contributed by atoms with van der Waals surface area (Å²) in [6.45, 7) is 2.50. The van der Waals surface area contributed by atoms with Crippen LogP contribution in [0.4, 0.5) is 10.1 Å². The van der Waals surface area contributed by atoms with Crippen LogP contribution in [-0.2, 0) is 11.3 Å². The van der Waals surface area contributed by atoms with E-state index in [4.69, 9.17) is 16.3 Å². The Morgan fingerprint density at radius 1 is 1.33 bits per heavy atom. The van der Waals surface area contributed by atoms with Crippen LogP contribution in [0.3, 0.4) is 0 Å². The number of anilines is 1. The fraction of sp³-hybridized carbons (Fsp3) is 0.250. The van der Waals surface area contributed by atoms with Gasteiger partial charge in [0.15, 0.2) is 0 Å². The minimum absolute atomic E-state index is 0.00648. The maximum absolute atomic E-state index is 13.2. The average Bonchev–Trinajstić information content (AvgIpc) is 2.45. The quantitative estimate of drug-likeness (QED) is 0.742. The zero-order valence-electron chi connectivity index (χ0n) is 11.8. The molecule has 0 fully saturated rings. The van der Waals surface area contributed by atoms with Gasteiger partial charge in [0.2, 0.25) is 0 Å². The molecule has 1 unspecified atom stereocenters. The number of methoxy groups -OCH3 is 1. The lowest BCUT2D eigenvalue weighted by molar-refractivity contribution is 0.185. The van der Waals surface area contributed by atoms with Crippen molar-refractivity contribution in [3.05, 3.63) is 62.8 Å². The van der Waals surface area contributed by atoms with Crippen molar-refractivity contribution in [3.63, 3.8) is 0 Å². The molecule has 1 atom stereocenters. The number of halogens is 3. The Bertz CT molecular complexity index is 636. The highest BCUT2D eigenvalue weighted by molar-refractivity contribution is 9.10. The predicted octanol–water partition coefficient (Wildman–Crippen LogP) is 5.56. The summed E-state index contributed by atoms with van der Waals surface area (Å²) in [6, 6.07) is 10.7. The molecule has 0 spiro atoms. The molecule has 0 heterocycles. The molecule has 0 saturated carbocycles. The number of ether oxygens (including phenoxy) is 1. The summed E-state index contributed by atoms with van der Waals surface area (Å²) < 4.78 is 19.4. The van der Waals surface area contributed by atoms with E-state index < -0.39 is 5.82 Å². The van der Waals surface area contributed by atoms with Crippen molar-refractivity contribution in [2.45, 2.75) is 19.6 Å². The van der Waals surface area contributed by atoms with Crippen molar-refractivity contribution < 1.29 is 9.13 Å². The fourth-order valence-corrected chi connectivity index (χ4v) is 2.75. The van der Waals surface area contributed by atoms with Crippen molar-refractivity contribution >= 4 is 33.2 Å². The SMILES string of the molecule is COCc1c(Br)cccc1NC(C)c1ccc(F)c(Cl)c1. The standard InChI is InChI=1S/C16H16BrClFNO/c1-10(11-6-7-15(19)14(18)8-11)20-16-5-3-4-13(17)12(16)9-21-2/h3-8,10,20H,9H2,1-2H3. The zero-order chi connectivity index (χ0) is 15.4. The molecule has 5 heteroatoms. The Balaban J connectivity index is 2.24. The number of hydrogen-bond donors (Lipinski definition) is 1. The molecule has 2 rings (SSSR count). The normalized spacial score (nSPS) is 12.2. The molecule has 1 N–H and O–H groups in total. The second-order valence-corrected chi connectivity index (χ2v) is 6.00. The Morgan fingerprint density at radius 3 is 2.76 bits per heavy atom. The number of benzene rings is 2. The van der Waals surface area contributed by atoms with Gasteiger partial charge in [-0.1, -0.05) is 39.7 Å². The van der Waals surface area contributed by atoms with E-state index in [1.165, 1.54) is 6.07 Å². The first-order chi connectivity index (χ1) is 10.0. The van der Waals surface area contributed by atoms with Crippen LogP contribution in [0.15, 0.2) is 40.9 Å². The number of hydrogen-bond acceptors (Lipinski definition) is 2. The molecule has 21 heavy (non-hydrogen) atoms. The van der Waals surface area contributed by atoms with Crippen LogP contribution >= 0.6 is 27.5 Å². The topological polar surface area (TPSA) is 21.3 Å². The van der Waals surface area contributed by atoms with Crippen LogP contribution in [-0.4, -0.2) is 7.11 Å². The van der Waals surface area contributed by atoms with Crippen molar-refractivity contribution in [3.8, 4) is 0 Å². The molecule has 112 valence electrons. The highest BCUT2D eigenvalue weighted by atomic mass is 79.9. The molecule has 2 aromatic rings. The third kappa shape index (κ3) is 3.96. The first-order valence-corrected chi connectivity index (χ1v) is 7.68. The van der Waals surface area contributed by atoms with Gasteiger partial charge in [-0.25, -0.2) is 4.39 Å². The average molecular weight is 373 g/mol. The van der Waals surface area contributed by atoms with Gasteiger partial charge in [-0.05, 0) is 36.8 Å². The van der Waals surface area contributed by atoms with Gasteiger partial charge < -0.3 is 10.1 Å². The summed E-state index contributed by atoms with van der Waals surface area (Å²) >= 11 is 9.36. The van der Waals surface area contributed by atoms with E-state index in [2.05, 4.69) is 21.2 Å². The van der Waals surface area contributed by atoms with Gasteiger partial charge in [-0.3, -0.25) is 0 Å². The Morgan fingerprint density at radius 2 is 2.10 bits per heavy atom. The molecular formula is C16H16BrClFNO. The number of nitrogens with one attached hydrogen (secondary N) is 1. The van der Waals surface area contributed by atoms with Gasteiger partial charge in [0.25, 0.3) is 0 Å². The summed E-state index contributed by atoms with van der Waals surface area (Å²) in [4.78, 5) is 0. The molecule has 0 saturated heterocycles. The van der Waals surface area contributed by atoms with Gasteiger partial charge in [0.1, 0.15) is 5.82 Å². The second kappa shape index (κ2) is 7.25. The van der Waals surface area contributed by atoms with Crippen LogP contribution < -0.4 is 5.32 Å². The second-order valence-electron chi connectivity index (χ2n) is 4.74. The molecule has 0 bridgehead atoms. The van der Waals surface area contributed by atoms with E-state index in [-0.39, 0.29) is 11.1 Å². The summed E-state index contributed by atoms with van der Waals surface area (Å²) in [5.41, 5.74) is 2.93. The van der Waals surface area contributed by atoms with Crippen molar-refractivity contribution in [2.75, 3.05) is 12.4 Å². The highest BCUT2D eigenvalue weighted by Crippen LogP contribution is 2.29. The predicted molar refractivity (Wildman–Crippen MR) is 88.3 cm³/mol. The molecule has 0 radical (unpaired) electrons. The third-order valence-electron chi connectivity index (χ3n) is 3.22. The zero-order valence-corrected chi connectivity index (χ0v) is 14.1. The van der Waals surface area contributed by atoms with Crippen molar-refractivity contribution in [2.24, 2.45) is 0 Å². The van der Waals surface area contributed by atoms with Gasteiger partial charge in [-0.2, -0.15) is 0 Å². The van der Waals surface area contributed by atoms with Crippen LogP contribution in [0.25, 0.3) is 0 Å². The molecule has 0 aromatic heterocycles.